The highest BCUT2D eigenvalue weighted by Crippen LogP contribution is 2.37. The largest absolute Gasteiger partial charge is 0.504 e. The third-order valence-corrected chi connectivity index (χ3v) is 6.39. The standard InChI is InChI=1S/C23H19BrN4O4S/c1-28-21(30)20(33-23(28)31)8-16-7-19(18(29)9-17(16)24)32-13-15-11-26-22(27-12-15)25-10-14-5-3-2-4-6-14/h2-9,11-12,29H,10,13H2,1H3,(H,25,26,27)/b20-8-. The number of benzene rings is 2. The van der Waals surface area contributed by atoms with E-state index in [1.54, 1.807) is 24.5 Å². The van der Waals surface area contributed by atoms with Gasteiger partial charge < -0.3 is 15.2 Å². The summed E-state index contributed by atoms with van der Waals surface area (Å²) in [5, 5.41) is 13.1. The van der Waals surface area contributed by atoms with Crippen LogP contribution in [0.5, 0.6) is 11.5 Å². The number of hydrogen-bond acceptors (Lipinski definition) is 8. The number of aromatic hydroxyl groups is 1. The molecule has 4 rings (SSSR count). The monoisotopic (exact) mass is 526 g/mol. The predicted octanol–water partition coefficient (Wildman–Crippen LogP) is 4.80. The lowest BCUT2D eigenvalue weighted by molar-refractivity contribution is -0.121. The quantitative estimate of drug-likeness (QED) is 0.423. The Morgan fingerprint density at radius 2 is 1.88 bits per heavy atom. The molecule has 0 unspecified atom stereocenters. The van der Waals surface area contributed by atoms with E-state index in [2.05, 4.69) is 31.2 Å². The third-order valence-electron chi connectivity index (χ3n) is 4.74. The van der Waals surface area contributed by atoms with Crippen LogP contribution in [0.2, 0.25) is 0 Å². The van der Waals surface area contributed by atoms with Crippen LogP contribution in [-0.2, 0) is 17.9 Å². The van der Waals surface area contributed by atoms with Gasteiger partial charge in [0.2, 0.25) is 5.95 Å². The molecule has 168 valence electrons. The van der Waals surface area contributed by atoms with Gasteiger partial charge in [-0.05, 0) is 41.1 Å². The van der Waals surface area contributed by atoms with Gasteiger partial charge in [0.1, 0.15) is 6.61 Å². The number of amides is 2. The highest BCUT2D eigenvalue weighted by molar-refractivity contribution is 9.10. The van der Waals surface area contributed by atoms with Crippen LogP contribution < -0.4 is 10.1 Å². The summed E-state index contributed by atoms with van der Waals surface area (Å²) in [5.74, 6) is 0.294. The Kier molecular flexibility index (Phi) is 6.95. The smallest absolute Gasteiger partial charge is 0.293 e. The molecule has 10 heteroatoms. The van der Waals surface area contributed by atoms with Crippen LogP contribution in [0, 0.1) is 0 Å². The van der Waals surface area contributed by atoms with Crippen molar-refractivity contribution < 1.29 is 19.4 Å². The number of ether oxygens (including phenoxy) is 1. The molecule has 0 spiro atoms. The summed E-state index contributed by atoms with van der Waals surface area (Å²) in [6.07, 6.45) is 4.88. The zero-order valence-corrected chi connectivity index (χ0v) is 19.9. The minimum absolute atomic E-state index is 0.0651. The van der Waals surface area contributed by atoms with Crippen molar-refractivity contribution in [3.05, 3.63) is 80.9 Å². The molecule has 1 aliphatic heterocycles. The maximum atomic E-state index is 12.1. The number of anilines is 1. The molecule has 1 aliphatic rings. The molecular weight excluding hydrogens is 508 g/mol. The Morgan fingerprint density at radius 1 is 1.15 bits per heavy atom. The number of carbonyl (C=O) groups is 2. The molecule has 1 aromatic heterocycles. The van der Waals surface area contributed by atoms with Crippen molar-refractivity contribution in [1.29, 1.82) is 0 Å². The van der Waals surface area contributed by atoms with Gasteiger partial charge in [0.15, 0.2) is 11.5 Å². The number of likely N-dealkylation sites (N-methyl/N-ethyl adjacent to an activating group) is 1. The van der Waals surface area contributed by atoms with E-state index in [9.17, 15) is 14.7 Å². The second-order valence-corrected chi connectivity index (χ2v) is 8.97. The Labute approximate surface area is 202 Å². The number of rotatable bonds is 7. The first-order valence-corrected chi connectivity index (χ1v) is 11.5. The van der Waals surface area contributed by atoms with Crippen molar-refractivity contribution >= 4 is 50.9 Å². The lowest BCUT2D eigenvalue weighted by atomic mass is 10.2. The Balaban J connectivity index is 1.41. The second-order valence-electron chi connectivity index (χ2n) is 7.12. The molecule has 3 aromatic rings. The number of halogens is 1. The van der Waals surface area contributed by atoms with E-state index in [0.29, 0.717) is 27.4 Å². The summed E-state index contributed by atoms with van der Waals surface area (Å²) < 4.78 is 6.31. The first-order chi connectivity index (χ1) is 15.9. The fourth-order valence-electron chi connectivity index (χ4n) is 2.93. The summed E-state index contributed by atoms with van der Waals surface area (Å²) in [4.78, 5) is 33.8. The molecule has 0 aliphatic carbocycles. The van der Waals surface area contributed by atoms with Crippen molar-refractivity contribution in [2.24, 2.45) is 0 Å². The fourth-order valence-corrected chi connectivity index (χ4v) is 4.19. The Bertz CT molecular complexity index is 1220. The molecule has 0 bridgehead atoms. The van der Waals surface area contributed by atoms with Gasteiger partial charge in [-0.1, -0.05) is 46.3 Å². The molecule has 2 N–H and O–H groups in total. The third kappa shape index (κ3) is 5.52. The van der Waals surface area contributed by atoms with E-state index in [1.165, 1.54) is 13.1 Å². The molecule has 0 radical (unpaired) electrons. The zero-order valence-electron chi connectivity index (χ0n) is 17.5. The van der Waals surface area contributed by atoms with Crippen molar-refractivity contribution in [2.45, 2.75) is 13.2 Å². The van der Waals surface area contributed by atoms with Crippen molar-refractivity contribution in [3.63, 3.8) is 0 Å². The summed E-state index contributed by atoms with van der Waals surface area (Å²) in [6.45, 7) is 0.753. The van der Waals surface area contributed by atoms with Gasteiger partial charge in [0.25, 0.3) is 11.1 Å². The molecule has 1 saturated heterocycles. The SMILES string of the molecule is CN1C(=O)S/C(=C\c2cc(OCc3cnc(NCc4ccccc4)nc3)c(O)cc2Br)C1=O. The number of nitrogens with one attached hydrogen (secondary N) is 1. The molecule has 2 amide bonds. The average molecular weight is 527 g/mol. The Hall–Kier alpha value is -3.37. The number of aromatic nitrogens is 2. The second kappa shape index (κ2) is 10.1. The van der Waals surface area contributed by atoms with Crippen LogP contribution >= 0.6 is 27.7 Å². The van der Waals surface area contributed by atoms with Crippen molar-refractivity contribution in [3.8, 4) is 11.5 Å². The van der Waals surface area contributed by atoms with E-state index in [-0.39, 0.29) is 29.3 Å². The predicted molar refractivity (Wildman–Crippen MR) is 130 cm³/mol. The normalized spacial score (nSPS) is 14.7. The summed E-state index contributed by atoms with van der Waals surface area (Å²) >= 11 is 4.23. The number of carbonyl (C=O) groups excluding carboxylic acids is 2. The first-order valence-electron chi connectivity index (χ1n) is 9.86. The van der Waals surface area contributed by atoms with Crippen LogP contribution in [-0.4, -0.2) is 38.2 Å². The lowest BCUT2D eigenvalue weighted by Gasteiger charge is -2.11. The van der Waals surface area contributed by atoms with E-state index in [0.717, 1.165) is 27.8 Å². The van der Waals surface area contributed by atoms with E-state index in [1.807, 2.05) is 30.3 Å². The average Bonchev–Trinajstić information content (AvgIpc) is 3.06. The maximum absolute atomic E-state index is 12.1. The molecule has 0 saturated carbocycles. The first kappa shape index (κ1) is 22.8. The van der Waals surface area contributed by atoms with Gasteiger partial charge >= 0.3 is 0 Å². The fraction of sp³-hybridized carbons (Fsp3) is 0.130. The van der Waals surface area contributed by atoms with Crippen LogP contribution in [0.4, 0.5) is 10.7 Å². The molecular formula is C23H19BrN4O4S. The molecule has 0 atom stereocenters. The van der Waals surface area contributed by atoms with Gasteiger partial charge in [-0.2, -0.15) is 0 Å². The lowest BCUT2D eigenvalue weighted by Crippen LogP contribution is -2.22. The van der Waals surface area contributed by atoms with Crippen molar-refractivity contribution in [2.75, 3.05) is 12.4 Å². The van der Waals surface area contributed by atoms with Crippen LogP contribution in [0.15, 0.2) is 64.2 Å². The van der Waals surface area contributed by atoms with Crippen LogP contribution in [0.25, 0.3) is 6.08 Å². The molecule has 8 nitrogen and oxygen atoms in total. The highest BCUT2D eigenvalue weighted by Gasteiger charge is 2.32. The summed E-state index contributed by atoms with van der Waals surface area (Å²) in [7, 11) is 1.43. The number of hydrogen-bond donors (Lipinski definition) is 2. The van der Waals surface area contributed by atoms with E-state index < -0.39 is 0 Å². The number of thioether (sulfide) groups is 1. The van der Waals surface area contributed by atoms with Crippen LogP contribution in [0.3, 0.4) is 0 Å². The summed E-state index contributed by atoms with van der Waals surface area (Å²) in [6, 6.07) is 13.0. The number of imide groups is 1. The van der Waals surface area contributed by atoms with E-state index in [4.69, 9.17) is 4.74 Å². The van der Waals surface area contributed by atoms with Gasteiger partial charge in [-0.15, -0.1) is 0 Å². The molecule has 2 heterocycles. The minimum Gasteiger partial charge on any atom is -0.504 e. The molecule has 33 heavy (non-hydrogen) atoms. The van der Waals surface area contributed by atoms with Gasteiger partial charge in [0.05, 0.1) is 4.91 Å². The van der Waals surface area contributed by atoms with Gasteiger partial charge in [-0.25, -0.2) is 9.97 Å². The number of phenols is 1. The van der Waals surface area contributed by atoms with Gasteiger partial charge in [-0.3, -0.25) is 14.5 Å². The van der Waals surface area contributed by atoms with Crippen molar-refractivity contribution in [1.82, 2.24) is 14.9 Å². The van der Waals surface area contributed by atoms with Gasteiger partial charge in [0, 0.05) is 36.0 Å². The summed E-state index contributed by atoms with van der Waals surface area (Å²) in [5.41, 5.74) is 2.44. The minimum atomic E-state index is -0.370. The maximum Gasteiger partial charge on any atom is 0.293 e. The topological polar surface area (TPSA) is 105 Å². The molecule has 2 aromatic carbocycles. The van der Waals surface area contributed by atoms with Crippen LogP contribution in [0.1, 0.15) is 16.7 Å². The zero-order chi connectivity index (χ0) is 23.4. The number of nitrogens with zero attached hydrogens (tertiary/aromatic N) is 3. The number of phenolic OH excluding ortho intramolecular Hbond substituents is 1. The highest BCUT2D eigenvalue weighted by atomic mass is 79.9. The molecule has 1 fully saturated rings. The Morgan fingerprint density at radius 3 is 2.55 bits per heavy atom. The van der Waals surface area contributed by atoms with E-state index >= 15 is 0 Å².